The molecule has 0 radical (unpaired) electrons. The molecule has 0 N–H and O–H groups in total. The van der Waals surface area contributed by atoms with E-state index in [1.165, 1.54) is 0 Å². The van der Waals surface area contributed by atoms with Crippen molar-refractivity contribution in [1.29, 1.82) is 0 Å². The Balaban J connectivity index is 3.08. The van der Waals surface area contributed by atoms with Crippen LogP contribution < -0.4 is 9.47 Å². The van der Waals surface area contributed by atoms with Gasteiger partial charge in [-0.25, -0.2) is 9.98 Å². The third-order valence-electron chi connectivity index (χ3n) is 1.89. The second-order valence-corrected chi connectivity index (χ2v) is 2.86. The van der Waals surface area contributed by atoms with Gasteiger partial charge in [0.2, 0.25) is 0 Å². The smallest absolute Gasteiger partial charge is 0.162 e. The molecule has 1 rings (SSSR count). The van der Waals surface area contributed by atoms with Gasteiger partial charge in [0.1, 0.15) is 5.84 Å². The molecular weight excluding hydrogens is 192 g/mol. The molecule has 0 fully saturated rings. The van der Waals surface area contributed by atoms with E-state index in [0.29, 0.717) is 17.3 Å². The van der Waals surface area contributed by atoms with Crippen molar-refractivity contribution in [2.24, 2.45) is 9.98 Å². The lowest BCUT2D eigenvalue weighted by molar-refractivity contribution is 0.355. The molecule has 0 bridgehead atoms. The van der Waals surface area contributed by atoms with E-state index in [4.69, 9.17) is 9.47 Å². The van der Waals surface area contributed by atoms with Gasteiger partial charge in [-0.1, -0.05) is 0 Å². The molecule has 0 heterocycles. The van der Waals surface area contributed by atoms with E-state index >= 15 is 0 Å². The molecular formula is C11H14N2O2. The summed E-state index contributed by atoms with van der Waals surface area (Å²) in [6, 6.07) is 5.41. The maximum Gasteiger partial charge on any atom is 0.162 e. The average Bonchev–Trinajstić information content (AvgIpc) is 2.28. The highest BCUT2D eigenvalue weighted by molar-refractivity contribution is 5.86. The maximum atomic E-state index is 5.15. The monoisotopic (exact) mass is 206 g/mol. The minimum Gasteiger partial charge on any atom is -0.493 e. The van der Waals surface area contributed by atoms with Crippen LogP contribution in [0.25, 0.3) is 0 Å². The van der Waals surface area contributed by atoms with Gasteiger partial charge in [0.25, 0.3) is 0 Å². The first-order chi connectivity index (χ1) is 7.21. The molecule has 1 aromatic rings. The van der Waals surface area contributed by atoms with Gasteiger partial charge < -0.3 is 9.47 Å². The van der Waals surface area contributed by atoms with Gasteiger partial charge in [0.15, 0.2) is 11.5 Å². The highest BCUT2D eigenvalue weighted by Gasteiger charge is 2.03. The van der Waals surface area contributed by atoms with Crippen molar-refractivity contribution < 1.29 is 9.47 Å². The van der Waals surface area contributed by atoms with Crippen molar-refractivity contribution in [3.63, 3.8) is 0 Å². The molecule has 0 saturated heterocycles. The van der Waals surface area contributed by atoms with E-state index in [1.54, 1.807) is 33.3 Å². The molecule has 1 aromatic carbocycles. The number of amidine groups is 1. The minimum atomic E-state index is 0.613. The standard InChI is InChI=1S/C11H14N2O2/c1-8(12-2)13-9-5-6-10(14-3)11(7-9)15-4/h5-7H,2H2,1,3-4H3. The largest absolute Gasteiger partial charge is 0.493 e. The molecule has 4 nitrogen and oxygen atoms in total. The number of hydrogen-bond acceptors (Lipinski definition) is 3. The Kier molecular flexibility index (Phi) is 3.85. The Hall–Kier alpha value is -1.84. The van der Waals surface area contributed by atoms with E-state index in [-0.39, 0.29) is 0 Å². The van der Waals surface area contributed by atoms with Crippen molar-refractivity contribution in [3.8, 4) is 11.5 Å². The Bertz CT molecular complexity index is 386. The first-order valence-corrected chi connectivity index (χ1v) is 4.45. The number of benzene rings is 1. The number of aliphatic imine (C=N–C) groups is 2. The second kappa shape index (κ2) is 5.14. The van der Waals surface area contributed by atoms with Crippen LogP contribution in [-0.4, -0.2) is 26.8 Å². The highest BCUT2D eigenvalue weighted by atomic mass is 16.5. The van der Waals surface area contributed by atoms with Crippen LogP contribution in [0.5, 0.6) is 11.5 Å². The van der Waals surface area contributed by atoms with E-state index < -0.39 is 0 Å². The summed E-state index contributed by atoms with van der Waals surface area (Å²) >= 11 is 0. The zero-order valence-electron chi connectivity index (χ0n) is 9.15. The molecule has 0 saturated carbocycles. The molecule has 0 aliphatic heterocycles. The third kappa shape index (κ3) is 2.80. The summed E-state index contributed by atoms with van der Waals surface area (Å²) in [6.45, 7) is 5.18. The van der Waals surface area contributed by atoms with Crippen molar-refractivity contribution in [2.75, 3.05) is 14.2 Å². The van der Waals surface area contributed by atoms with Crippen molar-refractivity contribution >= 4 is 18.2 Å². The molecule has 0 unspecified atom stereocenters. The van der Waals surface area contributed by atoms with E-state index in [9.17, 15) is 0 Å². The fraction of sp³-hybridized carbons (Fsp3) is 0.273. The van der Waals surface area contributed by atoms with Crippen LogP contribution in [0.1, 0.15) is 6.92 Å². The Morgan fingerprint density at radius 1 is 1.20 bits per heavy atom. The van der Waals surface area contributed by atoms with E-state index in [1.807, 2.05) is 6.07 Å². The molecule has 80 valence electrons. The number of ether oxygens (including phenoxy) is 2. The zero-order valence-corrected chi connectivity index (χ0v) is 9.15. The Morgan fingerprint density at radius 2 is 1.87 bits per heavy atom. The van der Waals surface area contributed by atoms with Crippen molar-refractivity contribution in [1.82, 2.24) is 0 Å². The van der Waals surface area contributed by atoms with Crippen LogP contribution in [0, 0.1) is 0 Å². The molecule has 0 aliphatic carbocycles. The number of methoxy groups -OCH3 is 2. The highest BCUT2D eigenvalue weighted by Crippen LogP contribution is 2.31. The fourth-order valence-electron chi connectivity index (χ4n) is 1.12. The fourth-order valence-corrected chi connectivity index (χ4v) is 1.12. The van der Waals surface area contributed by atoms with Gasteiger partial charge in [-0.3, -0.25) is 0 Å². The van der Waals surface area contributed by atoms with Gasteiger partial charge >= 0.3 is 0 Å². The van der Waals surface area contributed by atoms with Gasteiger partial charge in [-0.15, -0.1) is 0 Å². The lowest BCUT2D eigenvalue weighted by atomic mass is 10.3. The van der Waals surface area contributed by atoms with Crippen LogP contribution in [0.2, 0.25) is 0 Å². The van der Waals surface area contributed by atoms with Crippen LogP contribution >= 0.6 is 0 Å². The quantitative estimate of drug-likeness (QED) is 0.563. The van der Waals surface area contributed by atoms with Gasteiger partial charge in [-0.2, -0.15) is 0 Å². The molecule has 0 aromatic heterocycles. The van der Waals surface area contributed by atoms with Gasteiger partial charge in [-0.05, 0) is 25.8 Å². The van der Waals surface area contributed by atoms with Gasteiger partial charge in [0, 0.05) is 6.07 Å². The molecule has 0 atom stereocenters. The molecule has 15 heavy (non-hydrogen) atoms. The average molecular weight is 206 g/mol. The van der Waals surface area contributed by atoms with Crippen molar-refractivity contribution in [3.05, 3.63) is 18.2 Å². The predicted octanol–water partition coefficient (Wildman–Crippen LogP) is 2.45. The number of hydrogen-bond donors (Lipinski definition) is 0. The third-order valence-corrected chi connectivity index (χ3v) is 1.89. The lowest BCUT2D eigenvalue weighted by Gasteiger charge is -2.07. The lowest BCUT2D eigenvalue weighted by Crippen LogP contribution is -1.90. The minimum absolute atomic E-state index is 0.613. The molecule has 4 heteroatoms. The van der Waals surface area contributed by atoms with Crippen LogP contribution in [-0.2, 0) is 0 Å². The van der Waals surface area contributed by atoms with Crippen LogP contribution in [0.4, 0.5) is 5.69 Å². The SMILES string of the molecule is C=NC(C)=Nc1ccc(OC)c(OC)c1. The summed E-state index contributed by atoms with van der Waals surface area (Å²) in [7, 11) is 3.18. The van der Waals surface area contributed by atoms with Crippen LogP contribution in [0.3, 0.4) is 0 Å². The second-order valence-electron chi connectivity index (χ2n) is 2.86. The molecule has 0 spiro atoms. The summed E-state index contributed by atoms with van der Waals surface area (Å²) in [6.07, 6.45) is 0. The summed E-state index contributed by atoms with van der Waals surface area (Å²) in [5.41, 5.74) is 0.762. The molecule has 0 amide bonds. The first kappa shape index (κ1) is 11.2. The summed E-state index contributed by atoms with van der Waals surface area (Å²) in [5, 5.41) is 0. The van der Waals surface area contributed by atoms with Gasteiger partial charge in [0.05, 0.1) is 19.9 Å². The van der Waals surface area contributed by atoms with Crippen molar-refractivity contribution in [2.45, 2.75) is 6.92 Å². The Labute approximate surface area is 89.3 Å². The summed E-state index contributed by atoms with van der Waals surface area (Å²) in [5.74, 6) is 1.94. The van der Waals surface area contributed by atoms with Crippen LogP contribution in [0.15, 0.2) is 28.2 Å². The normalized spacial score (nSPS) is 11.0. The first-order valence-electron chi connectivity index (χ1n) is 4.45. The summed E-state index contributed by atoms with van der Waals surface area (Å²) < 4.78 is 10.3. The predicted molar refractivity (Wildman–Crippen MR) is 61.9 cm³/mol. The molecule has 0 aliphatic rings. The maximum absolute atomic E-state index is 5.15. The topological polar surface area (TPSA) is 43.2 Å². The summed E-state index contributed by atoms with van der Waals surface area (Å²) in [4.78, 5) is 7.92. The number of rotatable bonds is 3. The van der Waals surface area contributed by atoms with E-state index in [0.717, 1.165) is 5.69 Å². The van der Waals surface area contributed by atoms with E-state index in [2.05, 4.69) is 16.7 Å². The number of nitrogens with zero attached hydrogens (tertiary/aromatic N) is 2. The Morgan fingerprint density at radius 3 is 2.40 bits per heavy atom. The zero-order chi connectivity index (χ0) is 11.3.